The summed E-state index contributed by atoms with van der Waals surface area (Å²) in [6.07, 6.45) is 2.84. The van der Waals surface area contributed by atoms with Gasteiger partial charge in [-0.1, -0.05) is 18.2 Å². The Bertz CT molecular complexity index is 1730. The lowest BCUT2D eigenvalue weighted by Crippen LogP contribution is -2.27. The molecule has 11 nitrogen and oxygen atoms in total. The molecule has 2 aliphatic heterocycles. The lowest BCUT2D eigenvalue weighted by molar-refractivity contribution is 0.0954. The average Bonchev–Trinajstić information content (AvgIpc) is 3.61. The van der Waals surface area contributed by atoms with Gasteiger partial charge in [-0.05, 0) is 82.8 Å². The molecule has 0 amide bonds. The zero-order chi connectivity index (χ0) is 30.9. The fourth-order valence-electron chi connectivity index (χ4n) is 6.33. The summed E-state index contributed by atoms with van der Waals surface area (Å²) in [5, 5.41) is 11.1. The van der Waals surface area contributed by atoms with Crippen molar-refractivity contribution in [2.75, 3.05) is 26.8 Å². The molecule has 0 aliphatic carbocycles. The Morgan fingerprint density at radius 2 is 1.81 bits per heavy atom. The molecule has 1 saturated heterocycles. The number of hydrogen-bond acceptors (Lipinski definition) is 10. The summed E-state index contributed by atoms with van der Waals surface area (Å²) < 4.78 is 38.9. The molecule has 2 aliphatic rings. The smallest absolute Gasteiger partial charge is 0.185 e. The molecule has 2 aromatic heterocycles. The standard InChI is InChI=1S/C31H37N5O4S.H4N2/c1-17(2)41(37,38)25-9-7-6-8-22(25)28-27-19(4)35-36-31(27)34-30(33-28)24-14-18(3)26(20-10-12-32-13-11-20)23-15-21(16-39-5)40-29(23)24;1-2/h6-9,14,17,20-21,32H,10-13,15-16H2,1-5H3,(H,33,34,35,36);1-2H2. The summed E-state index contributed by atoms with van der Waals surface area (Å²) in [6, 6.07) is 9.19. The molecule has 4 heterocycles. The van der Waals surface area contributed by atoms with Crippen LogP contribution in [0.25, 0.3) is 33.7 Å². The lowest BCUT2D eigenvalue weighted by atomic mass is 9.82. The number of piperidine rings is 1. The fraction of sp³-hybridized carbons (Fsp3) is 0.452. The van der Waals surface area contributed by atoms with Gasteiger partial charge in [0.1, 0.15) is 11.9 Å². The minimum atomic E-state index is -3.58. The molecule has 1 unspecified atom stereocenters. The number of hydrazine groups is 1. The molecule has 0 saturated carbocycles. The van der Waals surface area contributed by atoms with E-state index in [1.165, 1.54) is 16.7 Å². The number of aromatic nitrogens is 4. The van der Waals surface area contributed by atoms with E-state index < -0.39 is 15.1 Å². The van der Waals surface area contributed by atoms with Gasteiger partial charge < -0.3 is 14.8 Å². The molecular formula is C31H41N7O4S. The summed E-state index contributed by atoms with van der Waals surface area (Å²) in [5.41, 5.74) is 6.90. The molecule has 0 bridgehead atoms. The Labute approximate surface area is 252 Å². The second kappa shape index (κ2) is 12.7. The van der Waals surface area contributed by atoms with Gasteiger partial charge in [-0.2, -0.15) is 5.10 Å². The number of hydrogen-bond donors (Lipinski definition) is 4. The van der Waals surface area contributed by atoms with Crippen LogP contribution in [0.1, 0.15) is 55.0 Å². The number of methoxy groups -OCH3 is 1. The van der Waals surface area contributed by atoms with Crippen LogP contribution >= 0.6 is 0 Å². The summed E-state index contributed by atoms with van der Waals surface area (Å²) in [7, 11) is -1.89. The highest BCUT2D eigenvalue weighted by atomic mass is 32.2. The van der Waals surface area contributed by atoms with Gasteiger partial charge in [-0.25, -0.2) is 18.4 Å². The first-order chi connectivity index (χ1) is 20.7. The van der Waals surface area contributed by atoms with Crippen molar-refractivity contribution in [3.8, 4) is 28.4 Å². The number of H-pyrrole nitrogens is 1. The first-order valence-electron chi connectivity index (χ1n) is 14.6. The third-order valence-corrected chi connectivity index (χ3v) is 10.6. The highest BCUT2D eigenvalue weighted by molar-refractivity contribution is 7.92. The van der Waals surface area contributed by atoms with Gasteiger partial charge in [-0.15, -0.1) is 0 Å². The van der Waals surface area contributed by atoms with Crippen LogP contribution in [0.3, 0.4) is 0 Å². The molecule has 43 heavy (non-hydrogen) atoms. The maximum absolute atomic E-state index is 13.4. The van der Waals surface area contributed by atoms with Gasteiger partial charge in [0.2, 0.25) is 0 Å². The van der Waals surface area contributed by atoms with Gasteiger partial charge in [-0.3, -0.25) is 16.8 Å². The topological polar surface area (TPSA) is 171 Å². The van der Waals surface area contributed by atoms with Crippen LogP contribution in [0.5, 0.6) is 5.75 Å². The van der Waals surface area contributed by atoms with Gasteiger partial charge >= 0.3 is 0 Å². The highest BCUT2D eigenvalue weighted by Crippen LogP contribution is 2.46. The quantitative estimate of drug-likeness (QED) is 0.179. The maximum atomic E-state index is 13.4. The first-order valence-corrected chi connectivity index (χ1v) is 16.2. The van der Waals surface area contributed by atoms with Crippen LogP contribution < -0.4 is 21.7 Å². The highest BCUT2D eigenvalue weighted by Gasteiger charge is 2.34. The number of nitrogens with two attached hydrogens (primary N) is 2. The molecule has 2 aromatic carbocycles. The van der Waals surface area contributed by atoms with Crippen LogP contribution in [0.4, 0.5) is 0 Å². The lowest BCUT2D eigenvalue weighted by Gasteiger charge is -2.27. The van der Waals surface area contributed by atoms with E-state index in [1.807, 2.05) is 19.1 Å². The average molecular weight is 608 g/mol. The summed E-state index contributed by atoms with van der Waals surface area (Å²) in [4.78, 5) is 10.2. The van der Waals surface area contributed by atoms with Gasteiger partial charge in [0, 0.05) is 30.4 Å². The van der Waals surface area contributed by atoms with E-state index in [0.717, 1.165) is 49.4 Å². The predicted octanol–water partition coefficient (Wildman–Crippen LogP) is 3.72. The molecule has 1 fully saturated rings. The number of nitrogens with one attached hydrogen (secondary N) is 2. The predicted molar refractivity (Wildman–Crippen MR) is 168 cm³/mol. The second-order valence-corrected chi connectivity index (χ2v) is 13.9. The Hall–Kier alpha value is -3.42. The SMILES string of the molecule is COCC1Cc2c(c(-c3nc(-c4ccccc4S(=O)(=O)C(C)C)c4c(C)[nH]nc4n3)cc(C)c2C2CCNCC2)O1.NN. The van der Waals surface area contributed by atoms with E-state index in [9.17, 15) is 8.42 Å². The zero-order valence-corrected chi connectivity index (χ0v) is 26.2. The normalized spacial score (nSPS) is 17.1. The molecule has 6 N–H and O–H groups in total. The third kappa shape index (κ3) is 5.65. The summed E-state index contributed by atoms with van der Waals surface area (Å²) in [5.74, 6) is 9.72. The number of benzene rings is 2. The van der Waals surface area contributed by atoms with Crippen LogP contribution in [0, 0.1) is 13.8 Å². The molecule has 0 spiro atoms. The van der Waals surface area contributed by atoms with Crippen LogP contribution in [-0.2, 0) is 21.0 Å². The number of aromatic amines is 1. The van der Waals surface area contributed by atoms with Crippen LogP contribution in [0.2, 0.25) is 0 Å². The number of nitrogens with zero attached hydrogens (tertiary/aromatic N) is 3. The molecule has 12 heteroatoms. The Morgan fingerprint density at radius 3 is 2.51 bits per heavy atom. The number of fused-ring (bicyclic) bond motifs is 2. The van der Waals surface area contributed by atoms with E-state index in [2.05, 4.69) is 40.2 Å². The van der Waals surface area contributed by atoms with E-state index in [-0.39, 0.29) is 11.0 Å². The molecule has 4 aromatic rings. The fourth-order valence-corrected chi connectivity index (χ4v) is 7.57. The Balaban J connectivity index is 0.00000180. The minimum Gasteiger partial charge on any atom is -0.487 e. The van der Waals surface area contributed by atoms with Crippen molar-refractivity contribution < 1.29 is 17.9 Å². The van der Waals surface area contributed by atoms with E-state index >= 15 is 0 Å². The Morgan fingerprint density at radius 1 is 1.09 bits per heavy atom. The van der Waals surface area contributed by atoms with E-state index in [4.69, 9.17) is 19.4 Å². The van der Waals surface area contributed by atoms with Gasteiger partial charge in [0.15, 0.2) is 21.3 Å². The van der Waals surface area contributed by atoms with Gasteiger partial charge in [0.25, 0.3) is 0 Å². The summed E-state index contributed by atoms with van der Waals surface area (Å²) in [6.45, 7) is 9.94. The van der Waals surface area contributed by atoms with Crippen molar-refractivity contribution in [3.05, 3.63) is 52.7 Å². The van der Waals surface area contributed by atoms with E-state index in [0.29, 0.717) is 40.6 Å². The summed E-state index contributed by atoms with van der Waals surface area (Å²) >= 11 is 0. The van der Waals surface area contributed by atoms with E-state index in [1.54, 1.807) is 33.1 Å². The van der Waals surface area contributed by atoms with Crippen molar-refractivity contribution in [1.29, 1.82) is 0 Å². The first kappa shape index (κ1) is 31.0. The second-order valence-electron chi connectivity index (χ2n) is 11.4. The van der Waals surface area contributed by atoms with Gasteiger partial charge in [0.05, 0.1) is 33.4 Å². The number of rotatable bonds is 7. The molecular weight excluding hydrogens is 566 g/mol. The molecule has 6 rings (SSSR count). The largest absolute Gasteiger partial charge is 0.487 e. The molecule has 0 radical (unpaired) electrons. The molecule has 1 atom stereocenters. The van der Waals surface area contributed by atoms with Crippen molar-refractivity contribution in [2.45, 2.75) is 69.1 Å². The zero-order valence-electron chi connectivity index (χ0n) is 25.4. The number of aryl methyl sites for hydroxylation is 2. The van der Waals surface area contributed by atoms with Crippen molar-refractivity contribution in [3.63, 3.8) is 0 Å². The monoisotopic (exact) mass is 607 g/mol. The molecule has 230 valence electrons. The van der Waals surface area contributed by atoms with Crippen LogP contribution in [0.15, 0.2) is 35.2 Å². The van der Waals surface area contributed by atoms with Crippen molar-refractivity contribution in [2.24, 2.45) is 11.7 Å². The number of ether oxygens (including phenoxy) is 2. The van der Waals surface area contributed by atoms with Crippen LogP contribution in [-0.4, -0.2) is 66.7 Å². The van der Waals surface area contributed by atoms with Crippen molar-refractivity contribution in [1.82, 2.24) is 25.5 Å². The van der Waals surface area contributed by atoms with Crippen molar-refractivity contribution >= 4 is 20.9 Å². The number of sulfone groups is 1. The maximum Gasteiger partial charge on any atom is 0.185 e. The Kier molecular flexibility index (Phi) is 9.14. The third-order valence-electron chi connectivity index (χ3n) is 8.35. The minimum absolute atomic E-state index is 0.0937.